The molecular formula is C20H26Cl2Si. The predicted octanol–water partition coefficient (Wildman–Crippen LogP) is 6.37. The molecule has 23 heavy (non-hydrogen) atoms. The Kier molecular flexibility index (Phi) is 5.69. The first-order valence-corrected chi connectivity index (χ1v) is 12.4. The molecule has 0 saturated heterocycles. The largest absolute Gasteiger partial charge is 0.318 e. The molecule has 2 rings (SSSR count). The van der Waals surface area contributed by atoms with Crippen molar-refractivity contribution in [2.75, 3.05) is 0 Å². The van der Waals surface area contributed by atoms with Gasteiger partial charge in [0.05, 0.1) is 0 Å². The van der Waals surface area contributed by atoms with E-state index in [1.807, 2.05) is 18.2 Å². The molecule has 0 N–H and O–H groups in total. The van der Waals surface area contributed by atoms with E-state index in [2.05, 4.69) is 59.4 Å². The maximum atomic E-state index is 7.03. The summed E-state index contributed by atoms with van der Waals surface area (Å²) in [5.41, 5.74) is 7.20. The number of hydrogen-bond donors (Lipinski definition) is 0. The van der Waals surface area contributed by atoms with Crippen molar-refractivity contribution in [1.29, 1.82) is 0 Å². The standard InChI is InChI=1S/C20H26Cl2Si/c1-13(2)16-11-18(14(3)4)20(19(12-16)15(5)6)23(21,22)17-9-7-8-10-17/h7-9,11-15H,1-6H3. The van der Waals surface area contributed by atoms with Crippen LogP contribution in [0.3, 0.4) is 0 Å². The van der Waals surface area contributed by atoms with Crippen molar-refractivity contribution in [2.45, 2.75) is 59.3 Å². The maximum absolute atomic E-state index is 7.03. The summed E-state index contributed by atoms with van der Waals surface area (Å²) < 4.78 is 0. The lowest BCUT2D eigenvalue weighted by atomic mass is 9.89. The van der Waals surface area contributed by atoms with E-state index in [0.717, 1.165) is 5.20 Å². The fourth-order valence-corrected chi connectivity index (χ4v) is 7.28. The predicted molar refractivity (Wildman–Crippen MR) is 107 cm³/mol. The summed E-state index contributed by atoms with van der Waals surface area (Å²) in [6.45, 7) is 10.6. The monoisotopic (exact) mass is 364 g/mol. The lowest BCUT2D eigenvalue weighted by Crippen LogP contribution is -2.44. The molecule has 0 unspecified atom stereocenters. The summed E-state index contributed by atoms with van der Waals surface area (Å²) >= 11 is 14.1. The highest BCUT2D eigenvalue weighted by Gasteiger charge is 2.40. The van der Waals surface area contributed by atoms with E-state index in [0.29, 0.717) is 17.8 Å². The van der Waals surface area contributed by atoms with Crippen molar-refractivity contribution in [1.82, 2.24) is 0 Å². The molecule has 0 bridgehead atoms. The molecule has 0 radical (unpaired) electrons. The number of hydrogen-bond acceptors (Lipinski definition) is 0. The van der Waals surface area contributed by atoms with Crippen molar-refractivity contribution in [3.05, 3.63) is 58.0 Å². The highest BCUT2D eigenvalue weighted by atomic mass is 35.7. The van der Waals surface area contributed by atoms with Gasteiger partial charge in [0, 0.05) is 5.20 Å². The molecule has 3 heteroatoms. The number of benzene rings is 1. The van der Waals surface area contributed by atoms with Crippen LogP contribution >= 0.6 is 22.2 Å². The Morgan fingerprint density at radius 2 is 1.39 bits per heavy atom. The molecule has 0 spiro atoms. The molecule has 1 aromatic carbocycles. The average molecular weight is 365 g/mol. The second-order valence-corrected chi connectivity index (χ2v) is 13.4. The van der Waals surface area contributed by atoms with E-state index in [1.54, 1.807) is 0 Å². The van der Waals surface area contributed by atoms with Gasteiger partial charge in [-0.2, -0.15) is 0 Å². The van der Waals surface area contributed by atoms with Crippen molar-refractivity contribution in [3.63, 3.8) is 0 Å². The van der Waals surface area contributed by atoms with Gasteiger partial charge in [-0.25, -0.2) is 0 Å². The summed E-state index contributed by atoms with van der Waals surface area (Å²) in [6.07, 6.45) is 5.87. The fourth-order valence-electron chi connectivity index (χ4n) is 2.98. The van der Waals surface area contributed by atoms with E-state index in [1.165, 1.54) is 21.9 Å². The molecule has 124 valence electrons. The molecule has 0 saturated carbocycles. The molecule has 0 atom stereocenters. The van der Waals surface area contributed by atoms with E-state index < -0.39 is 6.69 Å². The summed E-state index contributed by atoms with van der Waals surface area (Å²) in [7, 11) is 0. The van der Waals surface area contributed by atoms with Crippen molar-refractivity contribution in [3.8, 4) is 0 Å². The molecule has 0 fully saturated rings. The molecule has 0 amide bonds. The number of allylic oxidation sites excluding steroid dienone is 3. The van der Waals surface area contributed by atoms with Crippen LogP contribution in [0, 0.1) is 0 Å². The summed E-state index contributed by atoms with van der Waals surface area (Å²) in [5.74, 6) is 1.27. The highest BCUT2D eigenvalue weighted by molar-refractivity contribution is 7.54. The number of rotatable bonds is 5. The molecule has 1 aliphatic rings. The molecule has 0 aliphatic heterocycles. The van der Waals surface area contributed by atoms with Crippen LogP contribution < -0.4 is 5.19 Å². The first-order chi connectivity index (χ1) is 10.7. The molecule has 1 aromatic rings. The van der Waals surface area contributed by atoms with Crippen LogP contribution in [0.25, 0.3) is 0 Å². The van der Waals surface area contributed by atoms with Crippen molar-refractivity contribution < 1.29 is 0 Å². The Balaban J connectivity index is 2.79. The third kappa shape index (κ3) is 3.69. The van der Waals surface area contributed by atoms with E-state index in [4.69, 9.17) is 22.2 Å². The van der Waals surface area contributed by atoms with Crippen LogP contribution in [0.2, 0.25) is 0 Å². The van der Waals surface area contributed by atoms with Crippen LogP contribution in [0.4, 0.5) is 0 Å². The minimum Gasteiger partial charge on any atom is -0.133 e. The lowest BCUT2D eigenvalue weighted by Gasteiger charge is -2.29. The van der Waals surface area contributed by atoms with Gasteiger partial charge in [0.15, 0.2) is 0 Å². The molecule has 0 nitrogen and oxygen atoms in total. The van der Waals surface area contributed by atoms with Crippen LogP contribution in [0.1, 0.15) is 76.0 Å². The average Bonchev–Trinajstić information content (AvgIpc) is 3.00. The summed E-state index contributed by atoms with van der Waals surface area (Å²) in [4.78, 5) is 0. The Morgan fingerprint density at radius 3 is 1.74 bits per heavy atom. The van der Waals surface area contributed by atoms with Gasteiger partial charge in [-0.1, -0.05) is 65.8 Å². The van der Waals surface area contributed by atoms with Gasteiger partial charge in [-0.05, 0) is 45.7 Å². The minimum absolute atomic E-state index is 0.389. The van der Waals surface area contributed by atoms with Gasteiger partial charge in [0.25, 0.3) is 0 Å². The maximum Gasteiger partial charge on any atom is 0.318 e. The lowest BCUT2D eigenvalue weighted by molar-refractivity contribution is 0.812. The van der Waals surface area contributed by atoms with Crippen LogP contribution in [-0.2, 0) is 0 Å². The van der Waals surface area contributed by atoms with Crippen LogP contribution in [0.5, 0.6) is 0 Å². The minimum atomic E-state index is -2.79. The zero-order valence-electron chi connectivity index (χ0n) is 14.9. The zero-order valence-corrected chi connectivity index (χ0v) is 17.4. The van der Waals surface area contributed by atoms with Crippen molar-refractivity contribution >= 4 is 34.0 Å². The van der Waals surface area contributed by atoms with E-state index in [-0.39, 0.29) is 0 Å². The van der Waals surface area contributed by atoms with Gasteiger partial charge in [-0.15, -0.1) is 27.9 Å². The van der Waals surface area contributed by atoms with Crippen LogP contribution in [-0.4, -0.2) is 6.69 Å². The normalized spacial score (nSPS) is 14.5. The Bertz CT molecular complexity index is 659. The second kappa shape index (κ2) is 7.03. The van der Waals surface area contributed by atoms with Gasteiger partial charge in [0.1, 0.15) is 0 Å². The Hall–Kier alpha value is -0.723. The topological polar surface area (TPSA) is 0 Å². The van der Waals surface area contributed by atoms with E-state index >= 15 is 0 Å². The molecule has 1 aliphatic carbocycles. The third-order valence-electron chi connectivity index (χ3n) is 4.38. The third-order valence-corrected chi connectivity index (χ3v) is 8.93. The Labute approximate surface area is 151 Å². The zero-order chi connectivity index (χ0) is 17.4. The van der Waals surface area contributed by atoms with Crippen molar-refractivity contribution in [2.24, 2.45) is 0 Å². The summed E-state index contributed by atoms with van der Waals surface area (Å²) in [5, 5.41) is 2.14. The summed E-state index contributed by atoms with van der Waals surface area (Å²) in [6, 6.07) is 4.62. The SMILES string of the molecule is CC(C)c1cc(C(C)C)c([Si](Cl)(Cl)C2=C=CC=C2)c(C(C)C)c1. The molecule has 0 aromatic heterocycles. The molecule has 0 heterocycles. The van der Waals surface area contributed by atoms with Gasteiger partial charge >= 0.3 is 6.69 Å². The second-order valence-electron chi connectivity index (χ2n) is 7.20. The van der Waals surface area contributed by atoms with Gasteiger partial charge < -0.3 is 0 Å². The smallest absolute Gasteiger partial charge is 0.133 e. The number of halogens is 2. The Morgan fingerprint density at radius 1 is 0.870 bits per heavy atom. The molecular weight excluding hydrogens is 339 g/mol. The fraction of sp³-hybridized carbons (Fsp3) is 0.450. The first-order valence-electron chi connectivity index (χ1n) is 8.36. The van der Waals surface area contributed by atoms with Gasteiger partial charge in [0.2, 0.25) is 0 Å². The van der Waals surface area contributed by atoms with Gasteiger partial charge in [-0.3, -0.25) is 0 Å². The highest BCUT2D eigenvalue weighted by Crippen LogP contribution is 2.35. The van der Waals surface area contributed by atoms with Crippen LogP contribution in [0.15, 0.2) is 41.3 Å². The van der Waals surface area contributed by atoms with E-state index in [9.17, 15) is 0 Å². The first kappa shape index (κ1) is 18.6. The quantitative estimate of drug-likeness (QED) is 0.323.